The Balaban J connectivity index is 2.65. The first-order valence-corrected chi connectivity index (χ1v) is 5.97. The molecule has 1 aliphatic carbocycles. The van der Waals surface area contributed by atoms with Gasteiger partial charge in [0.05, 0.1) is 5.56 Å². The summed E-state index contributed by atoms with van der Waals surface area (Å²) in [6.45, 7) is 4.24. The first kappa shape index (κ1) is 11.3. The van der Waals surface area contributed by atoms with Gasteiger partial charge < -0.3 is 0 Å². The van der Waals surface area contributed by atoms with E-state index >= 15 is 0 Å². The van der Waals surface area contributed by atoms with Gasteiger partial charge in [0.1, 0.15) is 5.82 Å². The van der Waals surface area contributed by atoms with Gasteiger partial charge >= 0.3 is 0 Å². The lowest BCUT2D eigenvalue weighted by Gasteiger charge is -2.37. The highest BCUT2D eigenvalue weighted by Gasteiger charge is 2.37. The molecule has 2 heteroatoms. The third-order valence-corrected chi connectivity index (χ3v) is 4.05. The van der Waals surface area contributed by atoms with Crippen LogP contribution in [0.2, 0.25) is 0 Å². The number of carbonyl (C=O) groups excluding carboxylic acids is 1. The van der Waals surface area contributed by atoms with Crippen LogP contribution in [0.3, 0.4) is 0 Å². The number of Topliss-reactive ketones (excluding diaryl/α,β-unsaturated/α-hetero) is 1. The van der Waals surface area contributed by atoms with Gasteiger partial charge in [0.2, 0.25) is 0 Å². The van der Waals surface area contributed by atoms with Gasteiger partial charge in [-0.25, -0.2) is 4.39 Å². The van der Waals surface area contributed by atoms with E-state index < -0.39 is 0 Å². The number of halogens is 1. The van der Waals surface area contributed by atoms with Gasteiger partial charge in [0.25, 0.3) is 0 Å². The minimum Gasteiger partial charge on any atom is -0.294 e. The molecule has 1 aromatic carbocycles. The van der Waals surface area contributed by atoms with Crippen LogP contribution in [0.4, 0.5) is 4.39 Å². The number of hydrogen-bond donors (Lipinski definition) is 0. The fraction of sp³-hybridized carbons (Fsp3) is 0.500. The molecule has 1 nitrogen and oxygen atoms in total. The van der Waals surface area contributed by atoms with E-state index in [0.717, 1.165) is 24.8 Å². The van der Waals surface area contributed by atoms with Gasteiger partial charge in [-0.1, -0.05) is 26.0 Å². The van der Waals surface area contributed by atoms with E-state index in [1.807, 2.05) is 6.07 Å². The van der Waals surface area contributed by atoms with E-state index in [4.69, 9.17) is 0 Å². The van der Waals surface area contributed by atoms with E-state index in [-0.39, 0.29) is 17.0 Å². The van der Waals surface area contributed by atoms with E-state index in [9.17, 15) is 9.18 Å². The summed E-state index contributed by atoms with van der Waals surface area (Å²) in [4.78, 5) is 11.8. The lowest BCUT2D eigenvalue weighted by atomic mass is 9.66. The fourth-order valence-electron chi connectivity index (χ4n) is 2.85. The van der Waals surface area contributed by atoms with Crippen LogP contribution < -0.4 is 0 Å². The summed E-state index contributed by atoms with van der Waals surface area (Å²) in [5.74, 6) is -0.390. The molecule has 0 fully saturated rings. The molecule has 0 unspecified atom stereocenters. The van der Waals surface area contributed by atoms with Crippen molar-refractivity contribution in [2.75, 3.05) is 0 Å². The third kappa shape index (κ3) is 1.48. The number of rotatable bonds is 2. The summed E-state index contributed by atoms with van der Waals surface area (Å²) in [5, 5.41) is 0. The maximum absolute atomic E-state index is 13.7. The Morgan fingerprint density at radius 3 is 2.62 bits per heavy atom. The molecule has 1 aromatic rings. The molecule has 0 saturated heterocycles. The van der Waals surface area contributed by atoms with Crippen molar-refractivity contribution < 1.29 is 9.18 Å². The molecule has 0 atom stereocenters. The zero-order valence-electron chi connectivity index (χ0n) is 9.85. The van der Waals surface area contributed by atoms with Crippen LogP contribution in [0.5, 0.6) is 0 Å². The van der Waals surface area contributed by atoms with Crippen molar-refractivity contribution in [1.82, 2.24) is 0 Å². The first-order valence-electron chi connectivity index (χ1n) is 5.97. The number of carbonyl (C=O) groups is 1. The average molecular weight is 220 g/mol. The Morgan fingerprint density at radius 1 is 1.31 bits per heavy atom. The van der Waals surface area contributed by atoms with E-state index in [2.05, 4.69) is 13.8 Å². The summed E-state index contributed by atoms with van der Waals surface area (Å²) in [6, 6.07) is 5.02. The molecule has 86 valence electrons. The molecule has 16 heavy (non-hydrogen) atoms. The average Bonchev–Trinajstić information content (AvgIpc) is 2.31. The summed E-state index contributed by atoms with van der Waals surface area (Å²) in [5.41, 5.74) is 1.27. The van der Waals surface area contributed by atoms with Gasteiger partial charge in [-0.2, -0.15) is 0 Å². The quantitative estimate of drug-likeness (QED) is 0.739. The summed E-state index contributed by atoms with van der Waals surface area (Å²) in [6.07, 6.45) is 3.27. The summed E-state index contributed by atoms with van der Waals surface area (Å²) < 4.78 is 13.7. The Labute approximate surface area is 95.7 Å². The number of ketones is 1. The van der Waals surface area contributed by atoms with Gasteiger partial charge in [0.15, 0.2) is 5.78 Å². The molecule has 0 aromatic heterocycles. The lowest BCUT2D eigenvalue weighted by molar-refractivity contribution is 0.0943. The second-order valence-corrected chi connectivity index (χ2v) is 4.57. The molecule has 1 aliphatic rings. The van der Waals surface area contributed by atoms with Crippen molar-refractivity contribution >= 4 is 5.78 Å². The normalized spacial score (nSPS) is 18.3. The van der Waals surface area contributed by atoms with Gasteiger partial charge in [-0.3, -0.25) is 4.79 Å². The van der Waals surface area contributed by atoms with Gasteiger partial charge in [0, 0.05) is 6.42 Å². The highest BCUT2D eigenvalue weighted by atomic mass is 19.1. The number of hydrogen-bond acceptors (Lipinski definition) is 1. The summed E-state index contributed by atoms with van der Waals surface area (Å²) in [7, 11) is 0. The van der Waals surface area contributed by atoms with Crippen LogP contribution in [0.15, 0.2) is 18.2 Å². The molecule has 0 saturated carbocycles. The van der Waals surface area contributed by atoms with Crippen LogP contribution >= 0.6 is 0 Å². The van der Waals surface area contributed by atoms with Crippen LogP contribution in [0.25, 0.3) is 0 Å². The van der Waals surface area contributed by atoms with Crippen LogP contribution in [0, 0.1) is 5.82 Å². The second-order valence-electron chi connectivity index (χ2n) is 4.57. The summed E-state index contributed by atoms with van der Waals surface area (Å²) >= 11 is 0. The van der Waals surface area contributed by atoms with E-state index in [1.165, 1.54) is 6.07 Å². The van der Waals surface area contributed by atoms with E-state index in [0.29, 0.717) is 12.0 Å². The largest absolute Gasteiger partial charge is 0.294 e. The Kier molecular flexibility index (Phi) is 2.83. The fourth-order valence-corrected chi connectivity index (χ4v) is 2.85. The van der Waals surface area contributed by atoms with Gasteiger partial charge in [-0.15, -0.1) is 0 Å². The minimum absolute atomic E-state index is 0.00530. The zero-order chi connectivity index (χ0) is 11.8. The lowest BCUT2D eigenvalue weighted by Crippen LogP contribution is -2.32. The highest BCUT2D eigenvalue weighted by Crippen LogP contribution is 2.42. The van der Waals surface area contributed by atoms with Crippen molar-refractivity contribution in [3.8, 4) is 0 Å². The monoisotopic (exact) mass is 220 g/mol. The highest BCUT2D eigenvalue weighted by molar-refractivity contribution is 5.99. The maximum atomic E-state index is 13.7. The predicted molar refractivity (Wildman–Crippen MR) is 62.2 cm³/mol. The van der Waals surface area contributed by atoms with Crippen molar-refractivity contribution in [2.24, 2.45) is 0 Å². The molecule has 0 heterocycles. The Morgan fingerprint density at radius 2 is 2.00 bits per heavy atom. The molecule has 0 amide bonds. The van der Waals surface area contributed by atoms with Crippen molar-refractivity contribution in [3.63, 3.8) is 0 Å². The predicted octanol–water partition coefficient (Wildman–Crippen LogP) is 3.86. The molecular weight excluding hydrogens is 203 g/mol. The van der Waals surface area contributed by atoms with E-state index in [1.54, 1.807) is 6.07 Å². The van der Waals surface area contributed by atoms with Crippen molar-refractivity contribution in [1.29, 1.82) is 0 Å². The smallest absolute Gasteiger partial charge is 0.166 e. The molecule has 0 aliphatic heterocycles. The molecular formula is C14H17FO. The molecule has 0 radical (unpaired) electrons. The molecule has 0 N–H and O–H groups in total. The minimum atomic E-state index is -0.353. The van der Waals surface area contributed by atoms with Crippen LogP contribution in [-0.2, 0) is 5.41 Å². The molecule has 0 bridgehead atoms. The van der Waals surface area contributed by atoms with Crippen molar-refractivity contribution in [3.05, 3.63) is 35.1 Å². The standard InChI is InChI=1S/C14H17FO/c1-3-14(4-2)9-8-12(16)13-10(14)6-5-7-11(13)15/h5-7H,3-4,8-9H2,1-2H3. The van der Waals surface area contributed by atoms with Gasteiger partial charge in [-0.05, 0) is 36.3 Å². The SMILES string of the molecule is CCC1(CC)CCC(=O)c2c(F)cccc21. The topological polar surface area (TPSA) is 17.1 Å². The molecule has 0 spiro atoms. The number of benzene rings is 1. The zero-order valence-corrected chi connectivity index (χ0v) is 9.85. The second kappa shape index (κ2) is 4.00. The maximum Gasteiger partial charge on any atom is 0.166 e. The van der Waals surface area contributed by atoms with Crippen molar-refractivity contribution in [2.45, 2.75) is 44.9 Å². The van der Waals surface area contributed by atoms with Crippen LogP contribution in [-0.4, -0.2) is 5.78 Å². The number of fused-ring (bicyclic) bond motifs is 1. The first-order chi connectivity index (χ1) is 7.64. The van der Waals surface area contributed by atoms with Crippen LogP contribution in [0.1, 0.15) is 55.5 Å². The third-order valence-electron chi connectivity index (χ3n) is 4.05. The molecule has 2 rings (SSSR count). The Bertz CT molecular complexity index is 419. The Hall–Kier alpha value is -1.18.